The number of nitrogens with zero attached hydrogens (tertiary/aromatic N) is 3. The molecule has 2 amide bonds. The first-order valence-corrected chi connectivity index (χ1v) is 17.1. The lowest BCUT2D eigenvalue weighted by Crippen LogP contribution is -2.59. The molecule has 0 bridgehead atoms. The van der Waals surface area contributed by atoms with E-state index in [1.54, 1.807) is 24.3 Å². The lowest BCUT2D eigenvalue weighted by Gasteiger charge is -2.39. The van der Waals surface area contributed by atoms with Crippen molar-refractivity contribution in [1.82, 2.24) is 20.2 Å². The van der Waals surface area contributed by atoms with E-state index in [0.717, 1.165) is 28.2 Å². The molecule has 1 aromatic heterocycles. The van der Waals surface area contributed by atoms with E-state index in [0.29, 0.717) is 22.9 Å². The average Bonchev–Trinajstić information content (AvgIpc) is 3.11. The zero-order chi connectivity index (χ0) is 34.5. The van der Waals surface area contributed by atoms with Crippen LogP contribution in [0.5, 0.6) is 0 Å². The predicted molar refractivity (Wildman–Crippen MR) is 187 cm³/mol. The molecule has 6 rings (SSSR count). The molecule has 9 heteroatoms. The van der Waals surface area contributed by atoms with Gasteiger partial charge < -0.3 is 15.3 Å². The summed E-state index contributed by atoms with van der Waals surface area (Å²) < 4.78 is 0. The Kier molecular flexibility index (Phi) is 10.3. The number of likely N-dealkylation sites (tertiary alicyclic amines) is 1. The quantitative estimate of drug-likeness (QED) is 0.174. The first-order chi connectivity index (χ1) is 23.7. The van der Waals surface area contributed by atoms with Crippen LogP contribution in [-0.2, 0) is 16.0 Å². The number of benzene rings is 3. The molecule has 2 fully saturated rings. The second-order valence-corrected chi connectivity index (χ2v) is 13.4. The van der Waals surface area contributed by atoms with Gasteiger partial charge in [-0.15, -0.1) is 0 Å². The lowest BCUT2D eigenvalue weighted by molar-refractivity contribution is -0.153. The summed E-state index contributed by atoms with van der Waals surface area (Å²) in [4.78, 5) is 60.2. The summed E-state index contributed by atoms with van der Waals surface area (Å²) in [6.45, 7) is 3.95. The van der Waals surface area contributed by atoms with Crippen molar-refractivity contribution in [1.29, 1.82) is 0 Å². The van der Waals surface area contributed by atoms with Gasteiger partial charge in [0.1, 0.15) is 6.04 Å². The molecule has 0 spiro atoms. The van der Waals surface area contributed by atoms with E-state index >= 15 is 0 Å². The van der Waals surface area contributed by atoms with Gasteiger partial charge >= 0.3 is 5.97 Å². The molecule has 2 N–H and O–H groups in total. The molecule has 1 saturated heterocycles. The van der Waals surface area contributed by atoms with Gasteiger partial charge in [-0.05, 0) is 73.3 Å². The largest absolute Gasteiger partial charge is 0.481 e. The third-order valence-electron chi connectivity index (χ3n) is 10.1. The van der Waals surface area contributed by atoms with Gasteiger partial charge in [-0.1, -0.05) is 74.0 Å². The van der Waals surface area contributed by atoms with Gasteiger partial charge in [0, 0.05) is 54.2 Å². The van der Waals surface area contributed by atoms with Crippen LogP contribution in [0.3, 0.4) is 0 Å². The van der Waals surface area contributed by atoms with Crippen LogP contribution in [0.15, 0.2) is 85.2 Å². The highest BCUT2D eigenvalue weighted by molar-refractivity contribution is 5.99. The molecule has 3 aromatic carbocycles. The minimum Gasteiger partial charge on any atom is -0.481 e. The second kappa shape index (κ2) is 14.9. The number of aromatic nitrogens is 2. The molecule has 1 saturated carbocycles. The number of carboxylic acids is 1. The van der Waals surface area contributed by atoms with Crippen LogP contribution in [0, 0.1) is 11.8 Å². The van der Waals surface area contributed by atoms with E-state index < -0.39 is 23.8 Å². The van der Waals surface area contributed by atoms with Crippen molar-refractivity contribution >= 4 is 23.6 Å². The van der Waals surface area contributed by atoms with Crippen molar-refractivity contribution in [2.24, 2.45) is 11.8 Å². The molecule has 2 heterocycles. The summed E-state index contributed by atoms with van der Waals surface area (Å²) in [6.07, 6.45) is 10.3. The van der Waals surface area contributed by atoms with Crippen molar-refractivity contribution < 1.29 is 24.3 Å². The van der Waals surface area contributed by atoms with Gasteiger partial charge in [-0.3, -0.25) is 19.2 Å². The Morgan fingerprint density at radius 1 is 0.796 bits per heavy atom. The maximum Gasteiger partial charge on any atom is 0.310 e. The highest BCUT2D eigenvalue weighted by Crippen LogP contribution is 2.37. The van der Waals surface area contributed by atoms with Gasteiger partial charge in [-0.2, -0.15) is 0 Å². The predicted octanol–water partition coefficient (Wildman–Crippen LogP) is 6.58. The normalized spacial score (nSPS) is 18.3. The fraction of sp³-hybridized carbons (Fsp3) is 0.350. The molecule has 1 atom stereocenters. The first kappa shape index (κ1) is 33.7. The fourth-order valence-electron chi connectivity index (χ4n) is 6.84. The van der Waals surface area contributed by atoms with Crippen molar-refractivity contribution in [2.45, 2.75) is 64.3 Å². The Balaban J connectivity index is 1.11. The minimum atomic E-state index is -0.946. The Morgan fingerprint density at radius 2 is 1.39 bits per heavy atom. The average molecular weight is 659 g/mol. The number of nitrogens with one attached hydrogen (secondary N) is 1. The summed E-state index contributed by atoms with van der Waals surface area (Å²) in [6, 6.07) is 21.7. The highest BCUT2D eigenvalue weighted by atomic mass is 16.4. The number of hydrogen-bond acceptors (Lipinski definition) is 6. The molecule has 4 aromatic rings. The van der Waals surface area contributed by atoms with Crippen LogP contribution in [-0.4, -0.2) is 62.7 Å². The molecule has 0 radical (unpaired) electrons. The van der Waals surface area contributed by atoms with Crippen molar-refractivity contribution in [3.05, 3.63) is 107 Å². The van der Waals surface area contributed by atoms with Crippen molar-refractivity contribution in [3.63, 3.8) is 0 Å². The topological polar surface area (TPSA) is 130 Å². The number of aliphatic carboxylic acids is 1. The third kappa shape index (κ3) is 7.94. The first-order valence-electron chi connectivity index (χ1n) is 17.1. The summed E-state index contributed by atoms with van der Waals surface area (Å²) in [7, 11) is 0. The van der Waals surface area contributed by atoms with Crippen LogP contribution in [0.2, 0.25) is 0 Å². The number of carboxylic acid groups (broad SMARTS) is 1. The Labute approximate surface area is 286 Å². The minimum absolute atomic E-state index is 0.101. The Morgan fingerprint density at radius 3 is 1.96 bits per heavy atom. The Bertz CT molecular complexity index is 1790. The lowest BCUT2D eigenvalue weighted by atomic mass is 9.78. The molecule has 1 aliphatic heterocycles. The summed E-state index contributed by atoms with van der Waals surface area (Å²) in [5.41, 5.74) is 5.87. The zero-order valence-electron chi connectivity index (χ0n) is 28.0. The maximum absolute atomic E-state index is 13.4. The van der Waals surface area contributed by atoms with E-state index in [1.165, 1.54) is 49.5 Å². The number of hydrogen-bond donors (Lipinski definition) is 2. The number of carbonyl (C=O) groups excluding carboxylic acids is 3. The third-order valence-corrected chi connectivity index (χ3v) is 10.1. The van der Waals surface area contributed by atoms with E-state index in [2.05, 4.69) is 46.5 Å². The van der Waals surface area contributed by atoms with Crippen molar-refractivity contribution in [2.75, 3.05) is 13.1 Å². The highest BCUT2D eigenvalue weighted by Gasteiger charge is 2.38. The number of Topliss-reactive ketones (excluding diaryl/α,β-unsaturated/α-hetero) is 1. The number of rotatable bonds is 11. The number of amides is 2. The molecule has 252 valence electrons. The van der Waals surface area contributed by atoms with E-state index in [4.69, 9.17) is 0 Å². The van der Waals surface area contributed by atoms with E-state index in [9.17, 15) is 24.3 Å². The molecule has 1 aliphatic carbocycles. The van der Waals surface area contributed by atoms with Gasteiger partial charge in [0.05, 0.1) is 5.92 Å². The van der Waals surface area contributed by atoms with Gasteiger partial charge in [0.25, 0.3) is 5.91 Å². The summed E-state index contributed by atoms with van der Waals surface area (Å²) in [5.74, 6) is -0.359. The zero-order valence-corrected chi connectivity index (χ0v) is 28.0. The number of carbonyl (C=O) groups is 4. The Hall–Kier alpha value is -5.18. The fourth-order valence-corrected chi connectivity index (χ4v) is 6.84. The van der Waals surface area contributed by atoms with E-state index in [-0.39, 0.29) is 31.2 Å². The number of ketones is 1. The standard InChI is InChI=1S/C40H42N4O5/c1-3-26-4-8-29(9-5-26)30-14-16-31(17-15-30)34-21-41-37(42-22-34)32-10-6-27(7-11-32)20-36(39(47)44-23-35(24-44)40(48)49)43-38(46)33-18-12-28(13-19-33)25(2)45/h6-7,10-19,21-22,26,29,35-36H,3-5,8-9,20,23-24H2,1-2H3,(H,43,46)(H,48,49)/t26?,29?,36-/m0/s1. The van der Waals surface area contributed by atoms with E-state index in [1.807, 2.05) is 36.7 Å². The van der Waals surface area contributed by atoms with Crippen LogP contribution < -0.4 is 5.32 Å². The smallest absolute Gasteiger partial charge is 0.310 e. The molecular formula is C40H42N4O5. The maximum atomic E-state index is 13.4. The monoisotopic (exact) mass is 658 g/mol. The molecule has 0 unspecified atom stereocenters. The SMILES string of the molecule is CCC1CCC(c2ccc(-c3cnc(-c4ccc(C[C@H](NC(=O)c5ccc(C(C)=O)cc5)C(=O)N5CC(C(=O)O)C5)cc4)nc3)cc2)CC1. The second-order valence-electron chi connectivity index (χ2n) is 13.4. The van der Waals surface area contributed by atoms with Crippen molar-refractivity contribution in [3.8, 4) is 22.5 Å². The van der Waals surface area contributed by atoms with Crippen LogP contribution in [0.4, 0.5) is 0 Å². The molecular weight excluding hydrogens is 616 g/mol. The summed E-state index contributed by atoms with van der Waals surface area (Å²) >= 11 is 0. The molecule has 49 heavy (non-hydrogen) atoms. The van der Waals surface area contributed by atoms with Gasteiger partial charge in [0.2, 0.25) is 5.91 Å². The molecule has 2 aliphatic rings. The summed E-state index contributed by atoms with van der Waals surface area (Å²) in [5, 5.41) is 12.1. The van der Waals surface area contributed by atoms with Gasteiger partial charge in [0.15, 0.2) is 11.6 Å². The van der Waals surface area contributed by atoms with Crippen LogP contribution >= 0.6 is 0 Å². The van der Waals surface area contributed by atoms with Crippen LogP contribution in [0.1, 0.15) is 83.7 Å². The van der Waals surface area contributed by atoms with Crippen LogP contribution in [0.25, 0.3) is 22.5 Å². The molecule has 9 nitrogen and oxygen atoms in total. The van der Waals surface area contributed by atoms with Gasteiger partial charge in [-0.25, -0.2) is 9.97 Å².